The zero-order chi connectivity index (χ0) is 22.4. The summed E-state index contributed by atoms with van der Waals surface area (Å²) in [5.74, 6) is -0.727. The smallest absolute Gasteiger partial charge is 0.478 e. The van der Waals surface area contributed by atoms with Gasteiger partial charge in [0.15, 0.2) is 0 Å². The van der Waals surface area contributed by atoms with Crippen LogP contribution in [-0.2, 0) is 0 Å². The number of ether oxygens (including phenoxy) is 1. The number of aromatic carboxylic acids is 1. The van der Waals surface area contributed by atoms with Crippen LogP contribution in [0.4, 0.5) is 13.2 Å². The number of hydrogen-bond acceptors (Lipinski definition) is 3. The number of halogens is 3. The van der Waals surface area contributed by atoms with Gasteiger partial charge in [0.1, 0.15) is 11.6 Å². The van der Waals surface area contributed by atoms with E-state index in [0.717, 1.165) is 31.2 Å². The number of carbonyl (C=O) groups is 1. The first kappa shape index (κ1) is 21.2. The molecule has 1 fully saturated rings. The van der Waals surface area contributed by atoms with Crippen LogP contribution in [0, 0.1) is 5.41 Å². The van der Waals surface area contributed by atoms with Crippen LogP contribution in [0.5, 0.6) is 5.75 Å². The lowest BCUT2D eigenvalue weighted by molar-refractivity contribution is -0.274. The van der Waals surface area contributed by atoms with E-state index in [9.17, 15) is 23.1 Å². The summed E-state index contributed by atoms with van der Waals surface area (Å²) in [5, 5.41) is 9.34. The molecular weight excluding hydrogens is 409 g/mol. The third-order valence-electron chi connectivity index (χ3n) is 5.83. The Bertz CT molecular complexity index is 1120. The van der Waals surface area contributed by atoms with E-state index in [1.165, 1.54) is 18.2 Å². The Morgan fingerprint density at radius 3 is 2.52 bits per heavy atom. The fraction of sp³-hybridized carbons (Fsp3) is 0.391. The molecule has 1 aliphatic carbocycles. The van der Waals surface area contributed by atoms with Gasteiger partial charge in [-0.2, -0.15) is 0 Å². The maximum absolute atomic E-state index is 12.5. The average molecular weight is 432 g/mol. The molecule has 4 rings (SSSR count). The Hall–Kier alpha value is -3.03. The van der Waals surface area contributed by atoms with Crippen molar-refractivity contribution < 1.29 is 27.8 Å². The number of benzene rings is 2. The van der Waals surface area contributed by atoms with Crippen molar-refractivity contribution in [1.82, 2.24) is 9.55 Å². The molecule has 3 aromatic rings. The largest absolute Gasteiger partial charge is 0.573 e. The van der Waals surface area contributed by atoms with Crippen molar-refractivity contribution in [2.45, 2.75) is 51.9 Å². The second-order valence-corrected chi connectivity index (χ2v) is 8.80. The first-order chi connectivity index (χ1) is 14.5. The number of imidazole rings is 1. The summed E-state index contributed by atoms with van der Waals surface area (Å²) >= 11 is 0. The first-order valence-electron chi connectivity index (χ1n) is 10.1. The van der Waals surface area contributed by atoms with Crippen LogP contribution in [-0.4, -0.2) is 27.0 Å². The van der Waals surface area contributed by atoms with Crippen molar-refractivity contribution in [3.05, 3.63) is 48.0 Å². The van der Waals surface area contributed by atoms with Gasteiger partial charge in [-0.15, -0.1) is 13.2 Å². The summed E-state index contributed by atoms with van der Waals surface area (Å²) in [4.78, 5) is 16.1. The molecule has 0 bridgehead atoms. The third-order valence-corrected chi connectivity index (χ3v) is 5.83. The van der Waals surface area contributed by atoms with Crippen LogP contribution in [0.1, 0.15) is 55.9 Å². The van der Waals surface area contributed by atoms with Gasteiger partial charge in [0, 0.05) is 11.6 Å². The summed E-state index contributed by atoms with van der Waals surface area (Å²) in [6.45, 7) is 4.45. The molecule has 0 radical (unpaired) electrons. The molecule has 164 valence electrons. The molecule has 0 unspecified atom stereocenters. The van der Waals surface area contributed by atoms with E-state index in [-0.39, 0.29) is 22.8 Å². The van der Waals surface area contributed by atoms with Crippen LogP contribution >= 0.6 is 0 Å². The monoisotopic (exact) mass is 432 g/mol. The molecule has 1 heterocycles. The number of aromatic nitrogens is 2. The number of rotatable bonds is 4. The highest BCUT2D eigenvalue weighted by molar-refractivity contribution is 5.93. The zero-order valence-corrected chi connectivity index (χ0v) is 17.2. The third kappa shape index (κ3) is 4.52. The zero-order valence-electron chi connectivity index (χ0n) is 17.2. The maximum Gasteiger partial charge on any atom is 0.573 e. The van der Waals surface area contributed by atoms with Crippen LogP contribution in [0.3, 0.4) is 0 Å². The van der Waals surface area contributed by atoms with Gasteiger partial charge in [0.25, 0.3) is 0 Å². The highest BCUT2D eigenvalue weighted by Gasteiger charge is 2.32. The minimum atomic E-state index is -4.75. The standard InChI is InChI=1S/C23H23F3N2O3/c1-22(2)11-3-4-16(13-22)28-19-10-7-15(21(29)30)12-18(19)27-20(28)14-5-8-17(9-6-14)31-23(24,25)26/h5-10,12,16H,3-4,11,13H2,1-2H3,(H,29,30)/t16-/m0/s1. The van der Waals surface area contributed by atoms with Gasteiger partial charge < -0.3 is 14.4 Å². The Kier molecular flexibility index (Phi) is 5.19. The van der Waals surface area contributed by atoms with E-state index in [0.29, 0.717) is 16.9 Å². The molecule has 0 amide bonds. The fourth-order valence-corrected chi connectivity index (χ4v) is 4.49. The molecule has 1 atom stereocenters. The van der Waals surface area contributed by atoms with E-state index in [4.69, 9.17) is 0 Å². The molecule has 31 heavy (non-hydrogen) atoms. The number of carboxylic acid groups (broad SMARTS) is 1. The maximum atomic E-state index is 12.5. The summed E-state index contributed by atoms with van der Waals surface area (Å²) in [6.07, 6.45) is -0.685. The Morgan fingerprint density at radius 1 is 1.19 bits per heavy atom. The highest BCUT2D eigenvalue weighted by atomic mass is 19.4. The fourth-order valence-electron chi connectivity index (χ4n) is 4.49. The predicted octanol–water partition coefficient (Wildman–Crippen LogP) is 6.44. The second-order valence-electron chi connectivity index (χ2n) is 8.80. The number of carboxylic acids is 1. The van der Waals surface area contributed by atoms with Gasteiger partial charge >= 0.3 is 12.3 Å². The van der Waals surface area contributed by atoms with Crippen molar-refractivity contribution in [3.8, 4) is 17.1 Å². The van der Waals surface area contributed by atoms with Gasteiger partial charge in [-0.1, -0.05) is 20.3 Å². The second kappa shape index (κ2) is 7.59. The minimum absolute atomic E-state index is 0.140. The molecule has 8 heteroatoms. The van der Waals surface area contributed by atoms with Gasteiger partial charge in [-0.3, -0.25) is 0 Å². The summed E-state index contributed by atoms with van der Waals surface area (Å²) in [7, 11) is 0. The topological polar surface area (TPSA) is 64.4 Å². The van der Waals surface area contributed by atoms with Gasteiger partial charge in [0.2, 0.25) is 0 Å². The molecule has 0 aliphatic heterocycles. The molecule has 1 N–H and O–H groups in total. The van der Waals surface area contributed by atoms with E-state index < -0.39 is 12.3 Å². The molecular formula is C23H23F3N2O3. The molecule has 0 saturated heterocycles. The van der Waals surface area contributed by atoms with Gasteiger partial charge in [0.05, 0.1) is 16.6 Å². The Morgan fingerprint density at radius 2 is 1.90 bits per heavy atom. The van der Waals surface area contributed by atoms with Crippen LogP contribution in [0.15, 0.2) is 42.5 Å². The highest BCUT2D eigenvalue weighted by Crippen LogP contribution is 2.44. The number of fused-ring (bicyclic) bond motifs is 1. The Balaban J connectivity index is 1.82. The van der Waals surface area contributed by atoms with E-state index in [1.807, 2.05) is 0 Å². The van der Waals surface area contributed by atoms with E-state index >= 15 is 0 Å². The molecule has 1 saturated carbocycles. The normalized spacial score (nSPS) is 18.8. The molecule has 0 spiro atoms. The molecule has 2 aromatic carbocycles. The summed E-state index contributed by atoms with van der Waals surface area (Å²) < 4.78 is 43.6. The quantitative estimate of drug-likeness (QED) is 0.515. The minimum Gasteiger partial charge on any atom is -0.478 e. The van der Waals surface area contributed by atoms with Crippen LogP contribution in [0.2, 0.25) is 0 Å². The number of nitrogens with zero attached hydrogens (tertiary/aromatic N) is 2. The lowest BCUT2D eigenvalue weighted by Crippen LogP contribution is -2.25. The average Bonchev–Trinajstić information content (AvgIpc) is 3.05. The van der Waals surface area contributed by atoms with Crippen molar-refractivity contribution in [1.29, 1.82) is 0 Å². The number of hydrogen-bond donors (Lipinski definition) is 1. The molecule has 1 aromatic heterocycles. The summed E-state index contributed by atoms with van der Waals surface area (Å²) in [5.41, 5.74) is 2.31. The van der Waals surface area contributed by atoms with Gasteiger partial charge in [-0.05, 0) is 67.1 Å². The van der Waals surface area contributed by atoms with E-state index in [2.05, 4.69) is 28.1 Å². The summed E-state index contributed by atoms with van der Waals surface area (Å²) in [6, 6.07) is 10.6. The van der Waals surface area contributed by atoms with Crippen molar-refractivity contribution in [2.24, 2.45) is 5.41 Å². The van der Waals surface area contributed by atoms with Crippen molar-refractivity contribution in [2.75, 3.05) is 0 Å². The lowest BCUT2D eigenvalue weighted by atomic mass is 9.75. The lowest BCUT2D eigenvalue weighted by Gasteiger charge is -2.36. The number of alkyl halides is 3. The van der Waals surface area contributed by atoms with Crippen LogP contribution in [0.25, 0.3) is 22.4 Å². The van der Waals surface area contributed by atoms with E-state index in [1.54, 1.807) is 24.3 Å². The Labute approximate surface area is 177 Å². The van der Waals surface area contributed by atoms with Crippen molar-refractivity contribution >= 4 is 17.0 Å². The SMILES string of the molecule is CC1(C)CCC[C@H](n2c(-c3ccc(OC(F)(F)F)cc3)nc3cc(C(=O)O)ccc32)C1. The van der Waals surface area contributed by atoms with Crippen LogP contribution < -0.4 is 4.74 Å². The molecule has 5 nitrogen and oxygen atoms in total. The van der Waals surface area contributed by atoms with Crippen molar-refractivity contribution in [3.63, 3.8) is 0 Å². The van der Waals surface area contributed by atoms with Gasteiger partial charge in [-0.25, -0.2) is 9.78 Å². The molecule has 1 aliphatic rings. The predicted molar refractivity (Wildman–Crippen MR) is 110 cm³/mol. The first-order valence-corrected chi connectivity index (χ1v) is 10.1.